The van der Waals surface area contributed by atoms with Gasteiger partial charge in [0.1, 0.15) is 0 Å². The quantitative estimate of drug-likeness (QED) is 0.791. The molecule has 0 spiro atoms. The van der Waals surface area contributed by atoms with Crippen molar-refractivity contribution in [2.24, 2.45) is 5.92 Å². The van der Waals surface area contributed by atoms with E-state index >= 15 is 0 Å². The van der Waals surface area contributed by atoms with Crippen LogP contribution < -0.4 is 5.32 Å². The molecule has 20 heavy (non-hydrogen) atoms. The summed E-state index contributed by atoms with van der Waals surface area (Å²) < 4.78 is 0. The fourth-order valence-electron chi connectivity index (χ4n) is 2.17. The number of rotatable bonds is 1. The van der Waals surface area contributed by atoms with E-state index in [9.17, 15) is 9.59 Å². The highest BCUT2D eigenvalue weighted by Crippen LogP contribution is 2.16. The first kappa shape index (κ1) is 14.1. The number of amides is 2. The van der Waals surface area contributed by atoms with Crippen LogP contribution in [0.2, 0.25) is 0 Å². The first-order chi connectivity index (χ1) is 9.60. The van der Waals surface area contributed by atoms with E-state index < -0.39 is 11.8 Å². The van der Waals surface area contributed by atoms with Crippen molar-refractivity contribution in [1.82, 2.24) is 4.90 Å². The zero-order valence-corrected chi connectivity index (χ0v) is 11.4. The van der Waals surface area contributed by atoms with Gasteiger partial charge in [-0.05, 0) is 43.0 Å². The number of nitriles is 1. The summed E-state index contributed by atoms with van der Waals surface area (Å²) >= 11 is 0. The lowest BCUT2D eigenvalue weighted by Crippen LogP contribution is -2.43. The molecule has 1 aliphatic rings. The van der Waals surface area contributed by atoms with Gasteiger partial charge in [-0.2, -0.15) is 5.26 Å². The predicted octanol–water partition coefficient (Wildman–Crippen LogP) is 1.76. The van der Waals surface area contributed by atoms with E-state index in [1.807, 2.05) is 6.07 Å². The minimum absolute atomic E-state index is 0.485. The highest BCUT2D eigenvalue weighted by Gasteiger charge is 2.25. The molecule has 0 radical (unpaired) electrons. The van der Waals surface area contributed by atoms with Gasteiger partial charge in [0.15, 0.2) is 0 Å². The first-order valence-corrected chi connectivity index (χ1v) is 6.70. The topological polar surface area (TPSA) is 73.2 Å². The van der Waals surface area contributed by atoms with E-state index in [-0.39, 0.29) is 0 Å². The molecule has 0 aliphatic carbocycles. The summed E-state index contributed by atoms with van der Waals surface area (Å²) in [6.07, 6.45) is 1.88. The lowest BCUT2D eigenvalue weighted by atomic mass is 9.99. The van der Waals surface area contributed by atoms with Gasteiger partial charge >= 0.3 is 11.8 Å². The van der Waals surface area contributed by atoms with Gasteiger partial charge in [0, 0.05) is 18.8 Å². The molecule has 2 rings (SSSR count). The summed E-state index contributed by atoms with van der Waals surface area (Å²) in [7, 11) is 0. The SMILES string of the molecule is CC1CCN(C(=O)C(=O)Nc2ccc(C#N)cc2)CC1. The number of likely N-dealkylation sites (tertiary alicyclic amines) is 1. The average Bonchev–Trinajstić information content (AvgIpc) is 2.48. The van der Waals surface area contributed by atoms with Crippen LogP contribution in [0, 0.1) is 17.2 Å². The highest BCUT2D eigenvalue weighted by atomic mass is 16.2. The van der Waals surface area contributed by atoms with Gasteiger partial charge in [-0.3, -0.25) is 9.59 Å². The molecule has 104 valence electrons. The molecule has 1 heterocycles. The summed E-state index contributed by atoms with van der Waals surface area (Å²) in [5, 5.41) is 11.3. The summed E-state index contributed by atoms with van der Waals surface area (Å²) in [5.41, 5.74) is 1.03. The molecule has 1 saturated heterocycles. The Hall–Kier alpha value is -2.35. The smallest absolute Gasteiger partial charge is 0.313 e. The highest BCUT2D eigenvalue weighted by molar-refractivity contribution is 6.39. The molecule has 5 nitrogen and oxygen atoms in total. The Labute approximate surface area is 118 Å². The molecular weight excluding hydrogens is 254 g/mol. The fraction of sp³-hybridized carbons (Fsp3) is 0.400. The number of hydrogen-bond acceptors (Lipinski definition) is 3. The molecule has 1 aliphatic heterocycles. The summed E-state index contributed by atoms with van der Waals surface area (Å²) in [6.45, 7) is 3.43. The Morgan fingerprint density at radius 2 is 1.85 bits per heavy atom. The normalized spacial score (nSPS) is 15.5. The monoisotopic (exact) mass is 271 g/mol. The Balaban J connectivity index is 1.93. The number of piperidine rings is 1. The molecule has 0 unspecified atom stereocenters. The summed E-state index contributed by atoms with van der Waals surface area (Å²) in [5.74, 6) is -0.494. The first-order valence-electron chi connectivity index (χ1n) is 6.70. The zero-order chi connectivity index (χ0) is 14.5. The van der Waals surface area contributed by atoms with Crippen LogP contribution in [-0.2, 0) is 9.59 Å². The van der Waals surface area contributed by atoms with Crippen LogP contribution >= 0.6 is 0 Å². The lowest BCUT2D eigenvalue weighted by molar-refractivity contribution is -0.144. The molecule has 1 fully saturated rings. The maximum absolute atomic E-state index is 12.0. The van der Waals surface area contributed by atoms with E-state index in [1.165, 1.54) is 0 Å². The molecule has 1 aromatic carbocycles. The Morgan fingerprint density at radius 3 is 2.40 bits per heavy atom. The Bertz CT molecular complexity index is 537. The number of nitrogens with one attached hydrogen (secondary N) is 1. The second kappa shape index (κ2) is 6.20. The van der Waals surface area contributed by atoms with Crippen LogP contribution in [0.1, 0.15) is 25.3 Å². The lowest BCUT2D eigenvalue weighted by Gasteiger charge is -2.29. The molecule has 0 atom stereocenters. The molecular formula is C15H17N3O2. The van der Waals surface area contributed by atoms with Crippen molar-refractivity contribution in [3.8, 4) is 6.07 Å². The van der Waals surface area contributed by atoms with E-state index in [4.69, 9.17) is 5.26 Å². The van der Waals surface area contributed by atoms with Gasteiger partial charge in [0.05, 0.1) is 11.6 Å². The maximum atomic E-state index is 12.0. The summed E-state index contributed by atoms with van der Waals surface area (Å²) in [4.78, 5) is 25.5. The number of hydrogen-bond donors (Lipinski definition) is 1. The third kappa shape index (κ3) is 3.35. The van der Waals surface area contributed by atoms with E-state index in [1.54, 1.807) is 29.2 Å². The van der Waals surface area contributed by atoms with Crippen LogP contribution in [0.5, 0.6) is 0 Å². The molecule has 1 aromatic rings. The average molecular weight is 271 g/mol. The van der Waals surface area contributed by atoms with Gasteiger partial charge in [-0.15, -0.1) is 0 Å². The van der Waals surface area contributed by atoms with Crippen molar-refractivity contribution in [3.05, 3.63) is 29.8 Å². The Kier molecular flexibility index (Phi) is 4.36. The minimum atomic E-state index is -0.621. The second-order valence-electron chi connectivity index (χ2n) is 5.12. The maximum Gasteiger partial charge on any atom is 0.313 e. The third-order valence-corrected chi connectivity index (χ3v) is 3.54. The molecule has 5 heteroatoms. The van der Waals surface area contributed by atoms with Gasteiger partial charge in [0.25, 0.3) is 0 Å². The van der Waals surface area contributed by atoms with Crippen LogP contribution in [-0.4, -0.2) is 29.8 Å². The van der Waals surface area contributed by atoms with E-state index in [2.05, 4.69) is 12.2 Å². The molecule has 1 N–H and O–H groups in total. The van der Waals surface area contributed by atoms with Gasteiger partial charge in [-0.25, -0.2) is 0 Å². The number of carbonyl (C=O) groups is 2. The van der Waals surface area contributed by atoms with E-state index in [0.29, 0.717) is 30.3 Å². The summed E-state index contributed by atoms with van der Waals surface area (Å²) in [6, 6.07) is 8.42. The van der Waals surface area contributed by atoms with Crippen molar-refractivity contribution in [2.75, 3.05) is 18.4 Å². The predicted molar refractivity (Wildman–Crippen MR) is 74.8 cm³/mol. The van der Waals surface area contributed by atoms with Crippen molar-refractivity contribution in [1.29, 1.82) is 5.26 Å². The minimum Gasteiger partial charge on any atom is -0.334 e. The molecule has 0 bridgehead atoms. The molecule has 0 aromatic heterocycles. The zero-order valence-electron chi connectivity index (χ0n) is 11.4. The molecule has 2 amide bonds. The van der Waals surface area contributed by atoms with Crippen LogP contribution in [0.15, 0.2) is 24.3 Å². The number of carbonyl (C=O) groups excluding carboxylic acids is 2. The third-order valence-electron chi connectivity index (χ3n) is 3.54. The van der Waals surface area contributed by atoms with Crippen molar-refractivity contribution >= 4 is 17.5 Å². The molecule has 0 saturated carbocycles. The van der Waals surface area contributed by atoms with Crippen LogP contribution in [0.4, 0.5) is 5.69 Å². The van der Waals surface area contributed by atoms with Crippen LogP contribution in [0.25, 0.3) is 0 Å². The van der Waals surface area contributed by atoms with Crippen molar-refractivity contribution in [3.63, 3.8) is 0 Å². The van der Waals surface area contributed by atoms with Crippen molar-refractivity contribution < 1.29 is 9.59 Å². The van der Waals surface area contributed by atoms with Crippen molar-refractivity contribution in [2.45, 2.75) is 19.8 Å². The van der Waals surface area contributed by atoms with Gasteiger partial charge in [0.2, 0.25) is 0 Å². The van der Waals surface area contributed by atoms with Gasteiger partial charge < -0.3 is 10.2 Å². The number of nitrogens with zero attached hydrogens (tertiary/aromatic N) is 2. The van der Waals surface area contributed by atoms with Crippen LogP contribution in [0.3, 0.4) is 0 Å². The largest absolute Gasteiger partial charge is 0.334 e. The second-order valence-corrected chi connectivity index (χ2v) is 5.12. The van der Waals surface area contributed by atoms with E-state index in [0.717, 1.165) is 12.8 Å². The fourth-order valence-corrected chi connectivity index (χ4v) is 2.17. The number of anilines is 1. The standard InChI is InChI=1S/C15H17N3O2/c1-11-6-8-18(9-7-11)15(20)14(19)17-13-4-2-12(10-16)3-5-13/h2-5,11H,6-9H2,1H3,(H,17,19). The van der Waals surface area contributed by atoms with Gasteiger partial charge in [-0.1, -0.05) is 6.92 Å². The Morgan fingerprint density at radius 1 is 1.25 bits per heavy atom. The number of benzene rings is 1.